The molecule has 0 unspecified atom stereocenters. The van der Waals surface area contributed by atoms with E-state index in [4.69, 9.17) is 4.74 Å². The topological polar surface area (TPSA) is 91.9 Å². The molecule has 0 saturated heterocycles. The third-order valence-corrected chi connectivity index (χ3v) is 4.55. The second kappa shape index (κ2) is 8.83. The van der Waals surface area contributed by atoms with Crippen molar-refractivity contribution in [2.45, 2.75) is 6.67 Å². The largest absolute Gasteiger partial charge is 0.474 e. The fourth-order valence-corrected chi connectivity index (χ4v) is 3.00. The van der Waals surface area contributed by atoms with Crippen LogP contribution in [0.25, 0.3) is 22.2 Å². The van der Waals surface area contributed by atoms with Gasteiger partial charge in [-0.3, -0.25) is 5.10 Å². The number of benzene rings is 2. The monoisotopic (exact) mass is 407 g/mol. The Hall–Kier alpha value is -3.59. The van der Waals surface area contributed by atoms with Gasteiger partial charge in [-0.2, -0.15) is 5.10 Å². The molecule has 0 radical (unpaired) electrons. The van der Waals surface area contributed by atoms with E-state index < -0.39 is 6.67 Å². The lowest BCUT2D eigenvalue weighted by Crippen LogP contribution is -2.20. The fourth-order valence-electron chi connectivity index (χ4n) is 3.00. The normalized spacial score (nSPS) is 11.2. The van der Waals surface area contributed by atoms with Gasteiger partial charge in [0.1, 0.15) is 19.0 Å². The number of nitrogens with zero attached hydrogens (tertiary/aromatic N) is 5. The zero-order chi connectivity index (χ0) is 20.9. The summed E-state index contributed by atoms with van der Waals surface area (Å²) in [6.45, 7) is 0.486. The van der Waals surface area contributed by atoms with Gasteiger partial charge in [-0.1, -0.05) is 36.4 Å². The summed E-state index contributed by atoms with van der Waals surface area (Å²) in [4.78, 5) is 6.58. The molecule has 0 bridgehead atoms. The summed E-state index contributed by atoms with van der Waals surface area (Å²) >= 11 is 0. The predicted molar refractivity (Wildman–Crippen MR) is 114 cm³/mol. The Kier molecular flexibility index (Phi) is 5.80. The fraction of sp³-hybridized carbons (Fsp3) is 0.238. The number of nitrogens with one attached hydrogen (secondary N) is 2. The van der Waals surface area contributed by atoms with E-state index >= 15 is 0 Å². The summed E-state index contributed by atoms with van der Waals surface area (Å²) in [6.07, 6.45) is 0. The lowest BCUT2D eigenvalue weighted by molar-refractivity contribution is 0.252. The minimum atomic E-state index is -0.621. The second-order valence-corrected chi connectivity index (χ2v) is 6.97. The molecule has 0 aliphatic heterocycles. The summed E-state index contributed by atoms with van der Waals surface area (Å²) in [6, 6.07) is 14.8. The van der Waals surface area contributed by atoms with Gasteiger partial charge in [0.2, 0.25) is 5.95 Å². The number of aromatic amines is 1. The van der Waals surface area contributed by atoms with Gasteiger partial charge in [0.15, 0.2) is 5.82 Å². The molecular formula is C21H22FN7O. The minimum absolute atomic E-state index is 0.246. The maximum absolute atomic E-state index is 13.6. The highest BCUT2D eigenvalue weighted by Gasteiger charge is 2.17. The van der Waals surface area contributed by atoms with Crippen molar-refractivity contribution in [1.29, 1.82) is 0 Å². The molecule has 0 saturated carbocycles. The molecule has 4 aromatic rings. The molecule has 0 atom stereocenters. The maximum atomic E-state index is 13.6. The molecule has 8 nitrogen and oxygen atoms in total. The average Bonchev–Trinajstić information content (AvgIpc) is 3.17. The van der Waals surface area contributed by atoms with E-state index in [-0.39, 0.29) is 11.8 Å². The number of ether oxygens (including phenoxy) is 1. The second-order valence-electron chi connectivity index (χ2n) is 6.97. The van der Waals surface area contributed by atoms with Crippen LogP contribution in [0.2, 0.25) is 0 Å². The van der Waals surface area contributed by atoms with E-state index in [9.17, 15) is 4.39 Å². The van der Waals surface area contributed by atoms with E-state index in [1.807, 2.05) is 49.3 Å². The van der Waals surface area contributed by atoms with Crippen LogP contribution < -0.4 is 10.1 Å². The zero-order valence-corrected chi connectivity index (χ0v) is 16.8. The molecule has 0 amide bonds. The van der Waals surface area contributed by atoms with E-state index in [0.717, 1.165) is 10.9 Å². The molecule has 0 aliphatic carbocycles. The minimum Gasteiger partial charge on any atom is -0.474 e. The summed E-state index contributed by atoms with van der Waals surface area (Å²) in [5.74, 6) is 1.09. The van der Waals surface area contributed by atoms with Crippen molar-refractivity contribution in [1.82, 2.24) is 30.3 Å². The lowest BCUT2D eigenvalue weighted by atomic mass is 10.1. The van der Waals surface area contributed by atoms with Gasteiger partial charge >= 0.3 is 0 Å². The van der Waals surface area contributed by atoms with Gasteiger partial charge in [0.25, 0.3) is 5.88 Å². The molecule has 2 aromatic carbocycles. The maximum Gasteiger partial charge on any atom is 0.260 e. The summed E-state index contributed by atoms with van der Waals surface area (Å²) < 4.78 is 19.4. The van der Waals surface area contributed by atoms with Crippen molar-refractivity contribution in [3.05, 3.63) is 54.1 Å². The predicted octanol–water partition coefficient (Wildman–Crippen LogP) is 3.57. The van der Waals surface area contributed by atoms with Gasteiger partial charge in [-0.05, 0) is 31.8 Å². The highest BCUT2D eigenvalue weighted by molar-refractivity contribution is 5.90. The van der Waals surface area contributed by atoms with Crippen molar-refractivity contribution < 1.29 is 9.13 Å². The first kappa shape index (κ1) is 19.7. The summed E-state index contributed by atoms with van der Waals surface area (Å²) in [5.41, 5.74) is 2.44. The molecule has 0 spiro atoms. The van der Waals surface area contributed by atoms with Crippen molar-refractivity contribution in [3.8, 4) is 17.1 Å². The highest BCUT2D eigenvalue weighted by atomic mass is 19.1. The van der Waals surface area contributed by atoms with Crippen LogP contribution in [0.15, 0.2) is 48.5 Å². The molecule has 2 N–H and O–H groups in total. The quantitative estimate of drug-likeness (QED) is 0.461. The van der Waals surface area contributed by atoms with Gasteiger partial charge < -0.3 is 15.0 Å². The number of halogens is 1. The molecule has 9 heteroatoms. The third kappa shape index (κ3) is 4.20. The van der Waals surface area contributed by atoms with Gasteiger partial charge in [-0.25, -0.2) is 9.37 Å². The van der Waals surface area contributed by atoms with Crippen molar-refractivity contribution in [2.75, 3.05) is 32.6 Å². The van der Waals surface area contributed by atoms with Gasteiger partial charge in [0, 0.05) is 17.5 Å². The Balaban J connectivity index is 1.70. The highest BCUT2D eigenvalue weighted by Crippen LogP contribution is 2.31. The van der Waals surface area contributed by atoms with Gasteiger partial charge in [-0.15, -0.1) is 10.2 Å². The molecule has 4 rings (SSSR count). The molecule has 2 heterocycles. The number of hydrogen-bond acceptors (Lipinski definition) is 7. The zero-order valence-electron chi connectivity index (χ0n) is 16.8. The number of H-pyrrole nitrogens is 1. The smallest absolute Gasteiger partial charge is 0.260 e. The van der Waals surface area contributed by atoms with Crippen LogP contribution >= 0.6 is 0 Å². The summed E-state index contributed by atoms with van der Waals surface area (Å²) in [7, 11) is 3.90. The number of aromatic nitrogens is 5. The van der Waals surface area contributed by atoms with Crippen molar-refractivity contribution in [3.63, 3.8) is 0 Å². The third-order valence-electron chi connectivity index (χ3n) is 4.55. The molecule has 30 heavy (non-hydrogen) atoms. The number of anilines is 2. The van der Waals surface area contributed by atoms with Crippen molar-refractivity contribution >= 4 is 22.7 Å². The van der Waals surface area contributed by atoms with E-state index in [2.05, 4.69) is 30.7 Å². The summed E-state index contributed by atoms with van der Waals surface area (Å²) in [5, 5.41) is 19.6. The lowest BCUT2D eigenvalue weighted by Gasteiger charge is -2.14. The van der Waals surface area contributed by atoms with Crippen LogP contribution in [0, 0.1) is 0 Å². The number of fused-ring (bicyclic) bond motifs is 1. The Morgan fingerprint density at radius 2 is 1.87 bits per heavy atom. The Morgan fingerprint density at radius 3 is 2.70 bits per heavy atom. The van der Waals surface area contributed by atoms with Crippen LogP contribution in [-0.2, 0) is 6.67 Å². The molecule has 0 fully saturated rings. The van der Waals surface area contributed by atoms with Crippen LogP contribution in [-0.4, -0.2) is 57.5 Å². The molecule has 154 valence electrons. The van der Waals surface area contributed by atoms with Crippen LogP contribution in [0.3, 0.4) is 0 Å². The average molecular weight is 407 g/mol. The van der Waals surface area contributed by atoms with Crippen LogP contribution in [0.5, 0.6) is 5.88 Å². The number of hydrogen-bond donors (Lipinski definition) is 2. The van der Waals surface area contributed by atoms with Crippen LogP contribution in [0.1, 0.15) is 5.56 Å². The van der Waals surface area contributed by atoms with E-state index in [1.54, 1.807) is 18.2 Å². The molecular weight excluding hydrogens is 385 g/mol. The van der Waals surface area contributed by atoms with Crippen LogP contribution in [0.4, 0.5) is 16.2 Å². The number of likely N-dealkylation sites (N-methyl/N-ethyl adjacent to an activating group) is 1. The molecule has 2 aromatic heterocycles. The SMILES string of the molecule is CN(C)CCOc1nnc(Nc2n[nH]c3ccccc23)nc1-c1ccccc1CF. The van der Waals surface area contributed by atoms with Gasteiger partial charge in [0.05, 0.1) is 5.52 Å². The molecule has 0 aliphatic rings. The first-order valence-corrected chi connectivity index (χ1v) is 9.52. The Bertz CT molecular complexity index is 1150. The number of alkyl halides is 1. The first-order valence-electron chi connectivity index (χ1n) is 9.52. The number of para-hydroxylation sites is 1. The standard InChI is InChI=1S/C21H22FN7O/c1-29(2)11-12-30-20-18(15-8-4-3-7-14(15)13-22)23-21(28-27-20)24-19-16-9-5-6-10-17(16)25-26-19/h3-10H,11-13H2,1-2H3,(H2,23,24,25,26,28). The Morgan fingerprint density at radius 1 is 1.07 bits per heavy atom. The van der Waals surface area contributed by atoms with Crippen molar-refractivity contribution in [2.24, 2.45) is 0 Å². The number of rotatable bonds is 8. The Labute approximate surface area is 173 Å². The first-order chi connectivity index (χ1) is 14.7. The van der Waals surface area contributed by atoms with E-state index in [0.29, 0.717) is 35.8 Å². The van der Waals surface area contributed by atoms with E-state index in [1.165, 1.54) is 0 Å².